The zero-order chi connectivity index (χ0) is 19.6. The van der Waals surface area contributed by atoms with Crippen LogP contribution in [-0.4, -0.2) is 40.1 Å². The second-order valence-electron chi connectivity index (χ2n) is 7.29. The first kappa shape index (κ1) is 19.9. The van der Waals surface area contributed by atoms with Crippen LogP contribution in [0.1, 0.15) is 51.9 Å². The van der Waals surface area contributed by atoms with Crippen LogP contribution in [0.5, 0.6) is 0 Å². The van der Waals surface area contributed by atoms with Crippen LogP contribution in [0.3, 0.4) is 0 Å². The lowest BCUT2D eigenvalue weighted by Gasteiger charge is -2.31. The van der Waals surface area contributed by atoms with E-state index in [1.807, 2.05) is 6.92 Å². The largest absolute Gasteiger partial charge is 0.313 e. The first-order chi connectivity index (χ1) is 13.0. The van der Waals surface area contributed by atoms with Crippen LogP contribution in [0, 0.1) is 11.6 Å². The molecule has 0 amide bonds. The summed E-state index contributed by atoms with van der Waals surface area (Å²) in [5.41, 5.74) is -0.415. The predicted molar refractivity (Wildman–Crippen MR) is 103 cm³/mol. The van der Waals surface area contributed by atoms with Gasteiger partial charge in [-0.15, -0.1) is 0 Å². The van der Waals surface area contributed by atoms with Gasteiger partial charge in [-0.3, -0.25) is 14.3 Å². The Labute approximate surface area is 158 Å². The second-order valence-corrected chi connectivity index (χ2v) is 7.29. The minimum atomic E-state index is -0.784. The van der Waals surface area contributed by atoms with Crippen LogP contribution in [0.15, 0.2) is 16.9 Å². The van der Waals surface area contributed by atoms with Gasteiger partial charge >= 0.3 is 0 Å². The van der Waals surface area contributed by atoms with E-state index in [4.69, 9.17) is 0 Å². The van der Waals surface area contributed by atoms with Gasteiger partial charge in [0.05, 0.1) is 11.4 Å². The Kier molecular flexibility index (Phi) is 6.22. The molecule has 7 heteroatoms. The number of fused-ring (bicyclic) bond motifs is 1. The van der Waals surface area contributed by atoms with Crippen molar-refractivity contribution in [2.75, 3.05) is 19.6 Å². The fourth-order valence-electron chi connectivity index (χ4n) is 3.91. The predicted octanol–water partition coefficient (Wildman–Crippen LogP) is 3.22. The molecule has 1 unspecified atom stereocenters. The molecule has 1 aliphatic rings. The Bertz CT molecular complexity index is 867. The second kappa shape index (κ2) is 8.44. The van der Waals surface area contributed by atoms with Gasteiger partial charge in [0, 0.05) is 38.3 Å². The number of hydrogen-bond donors (Lipinski definition) is 1. The molecule has 3 rings (SSSR count). The third-order valence-electron chi connectivity index (χ3n) is 5.36. The molecule has 0 aliphatic carbocycles. The van der Waals surface area contributed by atoms with Gasteiger partial charge in [-0.25, -0.2) is 13.8 Å². The van der Waals surface area contributed by atoms with E-state index in [-0.39, 0.29) is 22.5 Å². The van der Waals surface area contributed by atoms with E-state index >= 15 is 0 Å². The molecule has 1 aliphatic heterocycles. The Hall–Kier alpha value is -1.86. The molecule has 2 aromatic rings. The highest BCUT2D eigenvalue weighted by Gasteiger charge is 2.27. The van der Waals surface area contributed by atoms with Crippen LogP contribution >= 0.6 is 0 Å². The molecule has 0 radical (unpaired) electrons. The summed E-state index contributed by atoms with van der Waals surface area (Å²) < 4.78 is 29.6. The van der Waals surface area contributed by atoms with E-state index in [0.717, 1.165) is 51.0 Å². The van der Waals surface area contributed by atoms with Crippen molar-refractivity contribution < 1.29 is 8.78 Å². The van der Waals surface area contributed by atoms with Crippen LogP contribution < -0.4 is 10.9 Å². The van der Waals surface area contributed by atoms with Gasteiger partial charge in [-0.05, 0) is 32.8 Å². The van der Waals surface area contributed by atoms with E-state index in [1.165, 1.54) is 0 Å². The third kappa shape index (κ3) is 4.04. The van der Waals surface area contributed by atoms with E-state index < -0.39 is 11.6 Å². The summed E-state index contributed by atoms with van der Waals surface area (Å²) in [6, 6.07) is 2.25. The summed E-state index contributed by atoms with van der Waals surface area (Å²) in [4.78, 5) is 19.8. The lowest BCUT2D eigenvalue weighted by Crippen LogP contribution is -2.37. The van der Waals surface area contributed by atoms with Gasteiger partial charge in [0.2, 0.25) is 0 Å². The summed E-state index contributed by atoms with van der Waals surface area (Å²) in [5.74, 6) is -0.961. The van der Waals surface area contributed by atoms with Crippen molar-refractivity contribution in [3.05, 3.63) is 39.9 Å². The minimum Gasteiger partial charge on any atom is -0.313 e. The lowest BCUT2D eigenvalue weighted by molar-refractivity contribution is 0.184. The molecule has 0 spiro atoms. The number of nitrogens with one attached hydrogen (secondary N) is 1. The van der Waals surface area contributed by atoms with Crippen LogP contribution in [0.4, 0.5) is 8.78 Å². The maximum Gasteiger partial charge on any atom is 0.261 e. The monoisotopic (exact) mass is 378 g/mol. The first-order valence-corrected chi connectivity index (χ1v) is 9.83. The van der Waals surface area contributed by atoms with Gasteiger partial charge in [-0.1, -0.05) is 13.3 Å². The molecule has 1 fully saturated rings. The topological polar surface area (TPSA) is 50.2 Å². The number of halogens is 2. The Morgan fingerprint density at radius 2 is 2.07 bits per heavy atom. The summed E-state index contributed by atoms with van der Waals surface area (Å²) >= 11 is 0. The quantitative estimate of drug-likeness (QED) is 0.868. The van der Waals surface area contributed by atoms with Crippen LogP contribution in [0.2, 0.25) is 0 Å². The van der Waals surface area contributed by atoms with Crippen molar-refractivity contribution in [2.24, 2.45) is 0 Å². The highest BCUT2D eigenvalue weighted by Crippen LogP contribution is 2.27. The van der Waals surface area contributed by atoms with Gasteiger partial charge in [0.15, 0.2) is 5.82 Å². The molecule has 27 heavy (non-hydrogen) atoms. The first-order valence-electron chi connectivity index (χ1n) is 9.83. The average Bonchev–Trinajstić information content (AvgIpc) is 2.85. The highest BCUT2D eigenvalue weighted by molar-refractivity contribution is 5.78. The van der Waals surface area contributed by atoms with E-state index in [1.54, 1.807) is 4.57 Å². The molecule has 1 saturated heterocycles. The summed E-state index contributed by atoms with van der Waals surface area (Å²) in [6.07, 6.45) is 2.76. The van der Waals surface area contributed by atoms with Gasteiger partial charge in [0.25, 0.3) is 5.56 Å². The van der Waals surface area contributed by atoms with Crippen LogP contribution in [0.25, 0.3) is 10.9 Å². The molecular weight excluding hydrogens is 350 g/mol. The SMILES string of the molecule is CCC[C@H](c1nc2c(F)cc(F)cc2c(=O)n1CC)N1CCNC(C)CC1. The summed E-state index contributed by atoms with van der Waals surface area (Å²) in [7, 11) is 0. The fourth-order valence-corrected chi connectivity index (χ4v) is 3.91. The molecule has 2 heterocycles. The van der Waals surface area contributed by atoms with Gasteiger partial charge in [0.1, 0.15) is 17.2 Å². The zero-order valence-electron chi connectivity index (χ0n) is 16.3. The molecule has 1 aromatic carbocycles. The molecule has 1 N–H and O–H groups in total. The number of rotatable bonds is 5. The highest BCUT2D eigenvalue weighted by atomic mass is 19.1. The van der Waals surface area contributed by atoms with E-state index in [2.05, 4.69) is 29.0 Å². The molecule has 148 valence electrons. The van der Waals surface area contributed by atoms with Crippen molar-refractivity contribution in [1.82, 2.24) is 19.8 Å². The molecule has 1 aromatic heterocycles. The molecule has 0 bridgehead atoms. The van der Waals surface area contributed by atoms with Crippen molar-refractivity contribution in [3.8, 4) is 0 Å². The lowest BCUT2D eigenvalue weighted by atomic mass is 10.1. The average molecular weight is 378 g/mol. The Morgan fingerprint density at radius 3 is 2.78 bits per heavy atom. The minimum absolute atomic E-state index is 0.000459. The molecule has 2 atom stereocenters. The van der Waals surface area contributed by atoms with Crippen molar-refractivity contribution in [1.29, 1.82) is 0 Å². The summed E-state index contributed by atoms with van der Waals surface area (Å²) in [5, 5.41) is 3.48. The normalized spacial score (nSPS) is 20.0. The fraction of sp³-hybridized carbons (Fsp3) is 0.600. The number of nitrogens with zero attached hydrogens (tertiary/aromatic N) is 3. The standard InChI is InChI=1S/C20H28F2N4O/c1-4-6-17(25-9-7-13(3)23-8-10-25)19-24-18-15(20(27)26(19)5-2)11-14(21)12-16(18)22/h11-13,17,23H,4-10H2,1-3H3/t13?,17-/m1/s1. The maximum absolute atomic E-state index is 14.4. The Morgan fingerprint density at radius 1 is 1.30 bits per heavy atom. The smallest absolute Gasteiger partial charge is 0.261 e. The summed E-state index contributed by atoms with van der Waals surface area (Å²) in [6.45, 7) is 9.14. The zero-order valence-corrected chi connectivity index (χ0v) is 16.3. The molecular formula is C20H28F2N4O. The van der Waals surface area contributed by atoms with E-state index in [9.17, 15) is 13.6 Å². The van der Waals surface area contributed by atoms with Gasteiger partial charge in [-0.2, -0.15) is 0 Å². The number of aromatic nitrogens is 2. The van der Waals surface area contributed by atoms with Crippen molar-refractivity contribution in [2.45, 2.75) is 58.7 Å². The van der Waals surface area contributed by atoms with E-state index in [0.29, 0.717) is 18.4 Å². The van der Waals surface area contributed by atoms with Crippen molar-refractivity contribution >= 4 is 10.9 Å². The number of hydrogen-bond acceptors (Lipinski definition) is 4. The number of benzene rings is 1. The van der Waals surface area contributed by atoms with Crippen molar-refractivity contribution in [3.63, 3.8) is 0 Å². The maximum atomic E-state index is 14.4. The third-order valence-corrected chi connectivity index (χ3v) is 5.36. The molecule has 0 saturated carbocycles. The molecule has 5 nitrogen and oxygen atoms in total. The van der Waals surface area contributed by atoms with Gasteiger partial charge < -0.3 is 5.32 Å². The van der Waals surface area contributed by atoms with Crippen LogP contribution in [-0.2, 0) is 6.54 Å². The Balaban J connectivity index is 2.15.